The van der Waals surface area contributed by atoms with E-state index in [9.17, 15) is 4.79 Å². The fourth-order valence-corrected chi connectivity index (χ4v) is 1.67. The van der Waals surface area contributed by atoms with Crippen LogP contribution in [0.1, 0.15) is 0 Å². The van der Waals surface area contributed by atoms with Crippen molar-refractivity contribution in [1.82, 2.24) is 10.2 Å². The molecule has 0 atom stereocenters. The molecule has 1 fully saturated rings. The first-order valence-electron chi connectivity index (χ1n) is 5.26. The van der Waals surface area contributed by atoms with Gasteiger partial charge >= 0.3 is 0 Å². The molecule has 3 nitrogen and oxygen atoms in total. The SMILES string of the molecule is O=C([B]c1ccccc1)N1CCNCC1. The molecule has 15 heavy (non-hydrogen) atoms. The van der Waals surface area contributed by atoms with Crippen LogP contribution in [0.25, 0.3) is 0 Å². The number of carbonyl (C=O) groups excluding carboxylic acids is 1. The van der Waals surface area contributed by atoms with E-state index >= 15 is 0 Å². The molecule has 1 aliphatic rings. The lowest BCUT2D eigenvalue weighted by Crippen LogP contribution is -2.49. The zero-order chi connectivity index (χ0) is 10.5. The van der Waals surface area contributed by atoms with Crippen molar-refractivity contribution in [1.29, 1.82) is 0 Å². The van der Waals surface area contributed by atoms with Crippen molar-refractivity contribution in [3.05, 3.63) is 30.3 Å². The highest BCUT2D eigenvalue weighted by Crippen LogP contribution is 1.94. The Kier molecular flexibility index (Phi) is 3.40. The van der Waals surface area contributed by atoms with E-state index in [4.69, 9.17) is 0 Å². The minimum absolute atomic E-state index is 0.114. The second-order valence-corrected chi connectivity index (χ2v) is 3.63. The number of nitrogens with one attached hydrogen (secondary N) is 1. The second-order valence-electron chi connectivity index (χ2n) is 3.63. The molecule has 1 aromatic carbocycles. The van der Waals surface area contributed by atoms with Crippen molar-refractivity contribution in [2.75, 3.05) is 26.2 Å². The topological polar surface area (TPSA) is 32.3 Å². The third-order valence-electron chi connectivity index (χ3n) is 2.52. The molecule has 1 radical (unpaired) electrons. The molecule has 2 rings (SSSR count). The van der Waals surface area contributed by atoms with E-state index in [0.717, 1.165) is 31.6 Å². The van der Waals surface area contributed by atoms with E-state index in [2.05, 4.69) is 5.32 Å². The van der Waals surface area contributed by atoms with E-state index < -0.39 is 0 Å². The molecule has 4 heteroatoms. The summed E-state index contributed by atoms with van der Waals surface area (Å²) in [6.07, 6.45) is 0. The monoisotopic (exact) mass is 201 g/mol. The van der Waals surface area contributed by atoms with Gasteiger partial charge in [0.2, 0.25) is 0 Å². The number of benzene rings is 1. The van der Waals surface area contributed by atoms with Crippen molar-refractivity contribution in [2.24, 2.45) is 0 Å². The van der Waals surface area contributed by atoms with Gasteiger partial charge in [-0.15, -0.1) is 0 Å². The maximum absolute atomic E-state index is 11.8. The lowest BCUT2D eigenvalue weighted by molar-refractivity contribution is 0.213. The van der Waals surface area contributed by atoms with Crippen LogP contribution in [0, 0.1) is 0 Å². The molecular weight excluding hydrogens is 187 g/mol. The molecule has 0 unspecified atom stereocenters. The lowest BCUT2D eigenvalue weighted by Gasteiger charge is -2.27. The van der Waals surface area contributed by atoms with E-state index in [0.29, 0.717) is 0 Å². The highest BCUT2D eigenvalue weighted by molar-refractivity contribution is 6.83. The largest absolute Gasteiger partial charge is 0.349 e. The molecule has 0 spiro atoms. The molecular formula is C11H14BN2O. The first-order valence-corrected chi connectivity index (χ1v) is 5.26. The maximum Gasteiger partial charge on any atom is 0.271 e. The van der Waals surface area contributed by atoms with E-state index in [1.807, 2.05) is 35.2 Å². The number of hydrogen-bond acceptors (Lipinski definition) is 2. The van der Waals surface area contributed by atoms with E-state index in [1.165, 1.54) is 0 Å². The van der Waals surface area contributed by atoms with Crippen molar-refractivity contribution in [3.8, 4) is 0 Å². The fraction of sp³-hybridized carbons (Fsp3) is 0.364. The van der Waals surface area contributed by atoms with E-state index in [-0.39, 0.29) is 5.81 Å². The summed E-state index contributed by atoms with van der Waals surface area (Å²) in [6.45, 7) is 3.41. The first-order chi connectivity index (χ1) is 7.36. The second kappa shape index (κ2) is 4.98. The summed E-state index contributed by atoms with van der Waals surface area (Å²) in [4.78, 5) is 13.7. The highest BCUT2D eigenvalue weighted by atomic mass is 16.2. The van der Waals surface area contributed by atoms with Crippen molar-refractivity contribution < 1.29 is 4.79 Å². The molecule has 77 valence electrons. The summed E-state index contributed by atoms with van der Waals surface area (Å²) in [6, 6.07) is 9.72. The Balaban J connectivity index is 1.91. The third-order valence-corrected chi connectivity index (χ3v) is 2.52. The third kappa shape index (κ3) is 2.83. The van der Waals surface area contributed by atoms with Crippen LogP contribution in [0.5, 0.6) is 0 Å². The average Bonchev–Trinajstić information content (AvgIpc) is 2.31. The number of rotatable bonds is 2. The summed E-state index contributed by atoms with van der Waals surface area (Å²) in [7, 11) is 1.70. The molecule has 0 saturated carbocycles. The van der Waals surface area contributed by atoms with Crippen LogP contribution in [0.15, 0.2) is 30.3 Å². The van der Waals surface area contributed by atoms with Gasteiger partial charge in [0.15, 0.2) is 5.81 Å². The number of carbonyl (C=O) groups is 1. The molecule has 0 bridgehead atoms. The fourth-order valence-electron chi connectivity index (χ4n) is 1.67. The van der Waals surface area contributed by atoms with Crippen molar-refractivity contribution in [3.63, 3.8) is 0 Å². The van der Waals surface area contributed by atoms with Crippen LogP contribution in [0.4, 0.5) is 4.79 Å². The predicted molar refractivity (Wildman–Crippen MR) is 61.7 cm³/mol. The van der Waals surface area contributed by atoms with Gasteiger partial charge < -0.3 is 10.2 Å². The molecule has 0 aromatic heterocycles. The Bertz CT molecular complexity index is 323. The van der Waals surface area contributed by atoms with Crippen molar-refractivity contribution >= 4 is 18.5 Å². The van der Waals surface area contributed by atoms with Gasteiger partial charge in [0.25, 0.3) is 7.28 Å². The zero-order valence-electron chi connectivity index (χ0n) is 8.65. The van der Waals surface area contributed by atoms with Crippen LogP contribution >= 0.6 is 0 Å². The first kappa shape index (κ1) is 10.2. The van der Waals surface area contributed by atoms with E-state index in [1.54, 1.807) is 7.28 Å². The summed E-state index contributed by atoms with van der Waals surface area (Å²) in [5, 5.41) is 3.23. The summed E-state index contributed by atoms with van der Waals surface area (Å²) < 4.78 is 0. The summed E-state index contributed by atoms with van der Waals surface area (Å²) >= 11 is 0. The number of piperazine rings is 1. The lowest BCUT2D eigenvalue weighted by atomic mass is 9.69. The van der Waals surface area contributed by atoms with Crippen LogP contribution in [0.3, 0.4) is 0 Å². The minimum Gasteiger partial charge on any atom is -0.349 e. The predicted octanol–water partition coefficient (Wildman–Crippen LogP) is 0.0413. The maximum atomic E-state index is 11.8. The van der Waals surface area contributed by atoms with Crippen LogP contribution in [0.2, 0.25) is 0 Å². The van der Waals surface area contributed by atoms with Crippen molar-refractivity contribution in [2.45, 2.75) is 0 Å². The molecule has 1 N–H and O–H groups in total. The van der Waals surface area contributed by atoms with Crippen LogP contribution in [-0.2, 0) is 0 Å². The Morgan fingerprint density at radius 2 is 1.87 bits per heavy atom. The van der Waals surface area contributed by atoms with Crippen LogP contribution in [-0.4, -0.2) is 44.2 Å². The van der Waals surface area contributed by atoms with Gasteiger partial charge in [-0.1, -0.05) is 35.8 Å². The highest BCUT2D eigenvalue weighted by Gasteiger charge is 2.16. The summed E-state index contributed by atoms with van der Waals surface area (Å²) in [5.41, 5.74) is 0.973. The smallest absolute Gasteiger partial charge is 0.271 e. The molecule has 1 aromatic rings. The molecule has 1 aliphatic heterocycles. The number of nitrogens with zero attached hydrogens (tertiary/aromatic N) is 1. The van der Waals surface area contributed by atoms with Crippen LogP contribution < -0.4 is 10.8 Å². The number of hydrogen-bond donors (Lipinski definition) is 1. The Hall–Kier alpha value is -1.29. The quantitative estimate of drug-likeness (QED) is 0.685. The van der Waals surface area contributed by atoms with Gasteiger partial charge in [0.05, 0.1) is 0 Å². The van der Waals surface area contributed by atoms with Gasteiger partial charge in [0, 0.05) is 26.2 Å². The molecule has 0 aliphatic carbocycles. The molecule has 1 amide bonds. The normalized spacial score (nSPS) is 16.1. The molecule has 1 heterocycles. The van der Waals surface area contributed by atoms with Gasteiger partial charge in [-0.25, -0.2) is 0 Å². The average molecular weight is 201 g/mol. The molecule has 1 saturated heterocycles. The Morgan fingerprint density at radius 3 is 2.53 bits per heavy atom. The Labute approximate surface area is 90.7 Å². The zero-order valence-corrected chi connectivity index (χ0v) is 8.65. The standard InChI is InChI=1S/C11H14BN2O/c15-11(14-8-6-13-7-9-14)12-10-4-2-1-3-5-10/h1-5,13H,6-9H2. The summed E-state index contributed by atoms with van der Waals surface area (Å²) in [5.74, 6) is 0.114. The van der Waals surface area contributed by atoms with Gasteiger partial charge in [-0.05, 0) is 0 Å². The number of amides is 1. The Morgan fingerprint density at radius 1 is 1.20 bits per heavy atom. The van der Waals surface area contributed by atoms with Gasteiger partial charge in [-0.3, -0.25) is 4.79 Å². The van der Waals surface area contributed by atoms with Gasteiger partial charge in [-0.2, -0.15) is 0 Å². The van der Waals surface area contributed by atoms with Gasteiger partial charge in [0.1, 0.15) is 0 Å². The minimum atomic E-state index is 0.114.